The van der Waals surface area contributed by atoms with E-state index in [0.29, 0.717) is 16.6 Å². The van der Waals surface area contributed by atoms with Crippen molar-refractivity contribution in [2.24, 2.45) is 10.2 Å². The number of carbonyl (C=O) groups excluding carboxylic acids is 2. The van der Waals surface area contributed by atoms with Crippen LogP contribution in [0.5, 0.6) is 11.6 Å². The maximum absolute atomic E-state index is 11.8. The normalized spacial score (nSPS) is 11.1. The molecule has 0 saturated carbocycles. The number of aromatic hydroxyl groups is 2. The van der Waals surface area contributed by atoms with E-state index in [1.54, 1.807) is 12.1 Å². The topological polar surface area (TPSA) is 127 Å². The number of phenolic OH excluding ortho intramolecular Hbond substituents is 1. The minimum absolute atomic E-state index is 0.0362. The second-order valence-electron chi connectivity index (χ2n) is 5.38. The molecular weight excluding hydrogens is 324 g/mol. The summed E-state index contributed by atoms with van der Waals surface area (Å²) < 4.78 is 0. The fourth-order valence-corrected chi connectivity index (χ4v) is 2.25. The molecule has 0 radical (unpaired) electrons. The first-order valence-electron chi connectivity index (χ1n) is 7.31. The summed E-state index contributed by atoms with van der Waals surface area (Å²) in [4.78, 5) is 26.3. The summed E-state index contributed by atoms with van der Waals surface area (Å²) in [5, 5.41) is 29.1. The summed E-state index contributed by atoms with van der Waals surface area (Å²) in [6.45, 7) is 1.88. The van der Waals surface area contributed by atoms with E-state index < -0.39 is 11.8 Å². The van der Waals surface area contributed by atoms with Crippen LogP contribution in [0.2, 0.25) is 0 Å². The number of benzene rings is 2. The highest BCUT2D eigenvalue weighted by atomic mass is 16.3. The van der Waals surface area contributed by atoms with Gasteiger partial charge in [-0.1, -0.05) is 11.6 Å². The Labute approximate surface area is 141 Å². The largest absolute Gasteiger partial charge is 0.508 e. The lowest BCUT2D eigenvalue weighted by Gasteiger charge is -2.01. The molecule has 0 fully saturated rings. The van der Waals surface area contributed by atoms with Crippen LogP contribution in [-0.4, -0.2) is 27.0 Å². The van der Waals surface area contributed by atoms with Crippen molar-refractivity contribution in [3.05, 3.63) is 48.0 Å². The van der Waals surface area contributed by atoms with E-state index in [1.807, 2.05) is 13.0 Å². The van der Waals surface area contributed by atoms with Crippen molar-refractivity contribution in [1.82, 2.24) is 4.98 Å². The number of carbonyl (C=O) groups is 2. The van der Waals surface area contributed by atoms with Crippen molar-refractivity contribution < 1.29 is 19.8 Å². The highest BCUT2D eigenvalue weighted by molar-refractivity contribution is 6.40. The number of azo groups is 1. The van der Waals surface area contributed by atoms with Gasteiger partial charge in [-0.2, -0.15) is 0 Å². The van der Waals surface area contributed by atoms with Crippen molar-refractivity contribution in [2.75, 3.05) is 5.32 Å². The van der Waals surface area contributed by atoms with E-state index in [-0.39, 0.29) is 17.3 Å². The first-order valence-corrected chi connectivity index (χ1v) is 7.31. The number of aryl methyl sites for hydroxylation is 1. The number of fused-ring (bicyclic) bond motifs is 1. The number of amides is 2. The third-order valence-electron chi connectivity index (χ3n) is 3.47. The number of phenols is 1. The monoisotopic (exact) mass is 338 g/mol. The third-order valence-corrected chi connectivity index (χ3v) is 3.47. The number of anilines is 1. The maximum Gasteiger partial charge on any atom is 0.353 e. The molecule has 2 amide bonds. The lowest BCUT2D eigenvalue weighted by molar-refractivity contribution is -0.134. The lowest BCUT2D eigenvalue weighted by Crippen LogP contribution is -2.20. The standard InChI is InChI=1S/C17H14N4O4/c1-9-2-7-13-12(8-9)14(15(23)19-13)20-21-17(25)16(24)18-10-3-5-11(22)6-4-10/h2-8,19,22-23H,1H3,(H,18,24). The van der Waals surface area contributed by atoms with Crippen LogP contribution in [0.15, 0.2) is 52.7 Å². The summed E-state index contributed by atoms with van der Waals surface area (Å²) in [6.07, 6.45) is 0. The zero-order chi connectivity index (χ0) is 18.0. The number of aromatic amines is 1. The molecule has 0 bridgehead atoms. The summed E-state index contributed by atoms with van der Waals surface area (Å²) in [7, 11) is 0. The van der Waals surface area contributed by atoms with Crippen LogP contribution in [0.1, 0.15) is 5.56 Å². The summed E-state index contributed by atoms with van der Waals surface area (Å²) in [6, 6.07) is 11.0. The Morgan fingerprint density at radius 1 is 1.08 bits per heavy atom. The average Bonchev–Trinajstić information content (AvgIpc) is 2.89. The van der Waals surface area contributed by atoms with Crippen molar-refractivity contribution in [3.63, 3.8) is 0 Å². The Morgan fingerprint density at radius 2 is 1.80 bits per heavy atom. The van der Waals surface area contributed by atoms with E-state index in [2.05, 4.69) is 20.5 Å². The zero-order valence-electron chi connectivity index (χ0n) is 13.1. The van der Waals surface area contributed by atoms with Gasteiger partial charge in [-0.05, 0) is 43.3 Å². The Hall–Kier alpha value is -3.68. The van der Waals surface area contributed by atoms with Gasteiger partial charge < -0.3 is 20.5 Å². The fourth-order valence-electron chi connectivity index (χ4n) is 2.25. The highest BCUT2D eigenvalue weighted by Gasteiger charge is 2.15. The van der Waals surface area contributed by atoms with Gasteiger partial charge in [-0.15, -0.1) is 10.2 Å². The number of hydrogen-bond donors (Lipinski definition) is 4. The SMILES string of the molecule is Cc1ccc2[nH]c(O)c(N=NC(=O)C(=O)Nc3ccc(O)cc3)c2c1. The number of aromatic nitrogens is 1. The van der Waals surface area contributed by atoms with E-state index in [4.69, 9.17) is 0 Å². The molecule has 0 spiro atoms. The predicted molar refractivity (Wildman–Crippen MR) is 91.0 cm³/mol. The third kappa shape index (κ3) is 3.47. The van der Waals surface area contributed by atoms with Gasteiger partial charge in [0.25, 0.3) is 0 Å². The first-order chi connectivity index (χ1) is 11.9. The van der Waals surface area contributed by atoms with Crippen LogP contribution < -0.4 is 5.32 Å². The van der Waals surface area contributed by atoms with E-state index in [0.717, 1.165) is 5.56 Å². The molecule has 4 N–H and O–H groups in total. The van der Waals surface area contributed by atoms with Gasteiger partial charge in [0.15, 0.2) is 5.69 Å². The Balaban J connectivity index is 1.78. The van der Waals surface area contributed by atoms with Gasteiger partial charge in [0.1, 0.15) is 5.75 Å². The summed E-state index contributed by atoms with van der Waals surface area (Å²) in [5.74, 6) is -2.30. The van der Waals surface area contributed by atoms with Crippen molar-refractivity contribution in [1.29, 1.82) is 0 Å². The van der Waals surface area contributed by atoms with E-state index >= 15 is 0 Å². The van der Waals surface area contributed by atoms with Gasteiger partial charge in [0, 0.05) is 11.1 Å². The molecule has 3 aromatic rings. The van der Waals surface area contributed by atoms with Crippen LogP contribution in [0.4, 0.5) is 11.4 Å². The minimum Gasteiger partial charge on any atom is -0.508 e. The molecule has 0 saturated heterocycles. The molecule has 0 aliphatic heterocycles. The Kier molecular flexibility index (Phi) is 4.17. The molecule has 0 aliphatic carbocycles. The van der Waals surface area contributed by atoms with Gasteiger partial charge in [0.2, 0.25) is 5.88 Å². The van der Waals surface area contributed by atoms with Crippen LogP contribution in [0.3, 0.4) is 0 Å². The number of rotatable bonds is 2. The van der Waals surface area contributed by atoms with Crippen molar-refractivity contribution in [3.8, 4) is 11.6 Å². The predicted octanol–water partition coefficient (Wildman–Crippen LogP) is 3.14. The first kappa shape index (κ1) is 16.2. The number of H-pyrrole nitrogens is 1. The van der Waals surface area contributed by atoms with Gasteiger partial charge in [0.05, 0.1) is 5.52 Å². The number of hydrogen-bond acceptors (Lipinski definition) is 5. The smallest absolute Gasteiger partial charge is 0.353 e. The van der Waals surface area contributed by atoms with E-state index in [9.17, 15) is 19.8 Å². The van der Waals surface area contributed by atoms with Crippen molar-refractivity contribution in [2.45, 2.75) is 6.92 Å². The van der Waals surface area contributed by atoms with Crippen LogP contribution >= 0.6 is 0 Å². The molecule has 1 heterocycles. The fraction of sp³-hybridized carbons (Fsp3) is 0.0588. The Morgan fingerprint density at radius 3 is 2.52 bits per heavy atom. The molecule has 0 atom stereocenters. The molecular formula is C17H14N4O4. The van der Waals surface area contributed by atoms with Crippen LogP contribution in [-0.2, 0) is 9.59 Å². The molecule has 0 unspecified atom stereocenters. The molecule has 8 heteroatoms. The second kappa shape index (κ2) is 6.44. The zero-order valence-corrected chi connectivity index (χ0v) is 13.1. The highest BCUT2D eigenvalue weighted by Crippen LogP contribution is 2.35. The molecule has 3 rings (SSSR count). The van der Waals surface area contributed by atoms with Gasteiger partial charge in [-0.3, -0.25) is 9.59 Å². The Bertz CT molecular complexity index is 990. The number of nitrogens with one attached hydrogen (secondary N) is 2. The average molecular weight is 338 g/mol. The molecule has 0 aliphatic rings. The van der Waals surface area contributed by atoms with Gasteiger partial charge >= 0.3 is 11.8 Å². The molecule has 8 nitrogen and oxygen atoms in total. The molecule has 1 aromatic heterocycles. The molecule has 25 heavy (non-hydrogen) atoms. The second-order valence-corrected chi connectivity index (χ2v) is 5.38. The lowest BCUT2D eigenvalue weighted by atomic mass is 10.2. The maximum atomic E-state index is 11.8. The summed E-state index contributed by atoms with van der Waals surface area (Å²) >= 11 is 0. The van der Waals surface area contributed by atoms with Crippen LogP contribution in [0.25, 0.3) is 10.9 Å². The minimum atomic E-state index is -1.12. The number of nitrogens with zero attached hydrogens (tertiary/aromatic N) is 2. The van der Waals surface area contributed by atoms with Gasteiger partial charge in [-0.25, -0.2) is 0 Å². The molecule has 126 valence electrons. The van der Waals surface area contributed by atoms with Crippen molar-refractivity contribution >= 4 is 34.1 Å². The quantitative estimate of drug-likeness (QED) is 0.325. The van der Waals surface area contributed by atoms with Crippen LogP contribution in [0, 0.1) is 6.92 Å². The van der Waals surface area contributed by atoms with E-state index in [1.165, 1.54) is 24.3 Å². The summed E-state index contributed by atoms with van der Waals surface area (Å²) in [5.41, 5.74) is 2.00. The molecule has 2 aromatic carbocycles.